The SMILES string of the molecule is COC(Br)(Br)OC. The quantitative estimate of drug-likeness (QED) is 0.534. The molecule has 0 atom stereocenters. The van der Waals surface area contributed by atoms with Gasteiger partial charge in [-0.15, -0.1) is 0 Å². The maximum atomic E-state index is 4.70. The lowest BCUT2D eigenvalue weighted by atomic mass is 11.3. The second kappa shape index (κ2) is 3.02. The van der Waals surface area contributed by atoms with Crippen molar-refractivity contribution in [2.75, 3.05) is 14.2 Å². The molecule has 0 spiro atoms. The maximum Gasteiger partial charge on any atom is 0.284 e. The van der Waals surface area contributed by atoms with Crippen molar-refractivity contribution in [1.29, 1.82) is 0 Å². The molecule has 0 saturated heterocycles. The normalized spacial score (nSPS) is 12.0. The van der Waals surface area contributed by atoms with Crippen LogP contribution in [0.4, 0.5) is 0 Å². The molecule has 0 saturated carbocycles. The largest absolute Gasteiger partial charge is 0.336 e. The maximum absolute atomic E-state index is 4.70. The lowest BCUT2D eigenvalue weighted by Crippen LogP contribution is -2.15. The molecule has 0 N–H and O–H groups in total. The Labute approximate surface area is 59.4 Å². The standard InChI is InChI=1S/C3H6Br2O2/c1-6-3(4,5)7-2/h1-2H3. The van der Waals surface area contributed by atoms with Gasteiger partial charge in [-0.3, -0.25) is 0 Å². The predicted molar refractivity (Wildman–Crippen MR) is 34.6 cm³/mol. The van der Waals surface area contributed by atoms with E-state index in [0.717, 1.165) is 0 Å². The van der Waals surface area contributed by atoms with E-state index >= 15 is 0 Å². The fourth-order valence-corrected chi connectivity index (χ4v) is 0.0833. The number of halogens is 2. The lowest BCUT2D eigenvalue weighted by molar-refractivity contribution is -0.0516. The van der Waals surface area contributed by atoms with Crippen LogP contribution >= 0.6 is 31.9 Å². The molecule has 0 aromatic heterocycles. The Morgan fingerprint density at radius 1 is 1.14 bits per heavy atom. The Kier molecular flexibility index (Phi) is 3.40. The highest BCUT2D eigenvalue weighted by Gasteiger charge is 2.18. The average Bonchev–Trinajstić information content (AvgIpc) is 1.68. The van der Waals surface area contributed by atoms with Gasteiger partial charge in [0.15, 0.2) is 0 Å². The summed E-state index contributed by atoms with van der Waals surface area (Å²) in [6.07, 6.45) is 0. The molecule has 4 heteroatoms. The first-order valence-electron chi connectivity index (χ1n) is 1.60. The van der Waals surface area contributed by atoms with Gasteiger partial charge in [-0.2, -0.15) is 0 Å². The van der Waals surface area contributed by atoms with E-state index in [1.54, 1.807) is 0 Å². The smallest absolute Gasteiger partial charge is 0.284 e. The molecule has 0 amide bonds. The molecule has 0 aliphatic heterocycles. The Morgan fingerprint density at radius 2 is 1.43 bits per heavy atom. The average molecular weight is 234 g/mol. The van der Waals surface area contributed by atoms with Gasteiger partial charge in [0.1, 0.15) is 0 Å². The van der Waals surface area contributed by atoms with E-state index in [0.29, 0.717) is 0 Å². The van der Waals surface area contributed by atoms with Crippen molar-refractivity contribution in [3.63, 3.8) is 0 Å². The summed E-state index contributed by atoms with van der Waals surface area (Å²) in [5, 5.41) is 0. The fraction of sp³-hybridized carbons (Fsp3) is 1.00. The highest BCUT2D eigenvalue weighted by Crippen LogP contribution is 2.26. The number of ether oxygens (including phenoxy) is 2. The first-order valence-corrected chi connectivity index (χ1v) is 3.19. The molecule has 2 nitrogen and oxygen atoms in total. The molecule has 0 bridgehead atoms. The van der Waals surface area contributed by atoms with Crippen LogP contribution in [-0.4, -0.2) is 17.8 Å². The van der Waals surface area contributed by atoms with Crippen LogP contribution in [0.15, 0.2) is 0 Å². The predicted octanol–water partition coefficient (Wildman–Crippen LogP) is 1.68. The lowest BCUT2D eigenvalue weighted by Gasteiger charge is -2.14. The topological polar surface area (TPSA) is 18.5 Å². The zero-order chi connectivity index (χ0) is 5.91. The van der Waals surface area contributed by atoms with Gasteiger partial charge in [-0.05, 0) is 31.9 Å². The minimum absolute atomic E-state index is 0.792. The van der Waals surface area contributed by atoms with Gasteiger partial charge in [0.2, 0.25) is 0 Å². The van der Waals surface area contributed by atoms with Crippen molar-refractivity contribution in [2.45, 2.75) is 3.61 Å². The highest BCUT2D eigenvalue weighted by molar-refractivity contribution is 9.25. The second-order valence-electron chi connectivity index (χ2n) is 0.872. The molecule has 0 rings (SSSR count). The van der Waals surface area contributed by atoms with Crippen LogP contribution in [0.25, 0.3) is 0 Å². The van der Waals surface area contributed by atoms with E-state index in [2.05, 4.69) is 31.9 Å². The summed E-state index contributed by atoms with van der Waals surface area (Å²) in [6.45, 7) is 0. The molecule has 44 valence electrons. The Bertz CT molecular complexity index is 48.9. The summed E-state index contributed by atoms with van der Waals surface area (Å²) >= 11 is 6.10. The van der Waals surface area contributed by atoms with Crippen LogP contribution in [0.2, 0.25) is 0 Å². The third-order valence-electron chi connectivity index (χ3n) is 0.475. The number of methoxy groups -OCH3 is 2. The van der Waals surface area contributed by atoms with E-state index in [1.807, 2.05) is 0 Å². The van der Waals surface area contributed by atoms with Crippen LogP contribution in [-0.2, 0) is 9.47 Å². The summed E-state index contributed by atoms with van der Waals surface area (Å²) in [5.41, 5.74) is 0. The molecule has 0 heterocycles. The van der Waals surface area contributed by atoms with Crippen molar-refractivity contribution >= 4 is 31.9 Å². The third kappa shape index (κ3) is 3.46. The minimum atomic E-state index is -0.792. The number of hydrogen-bond donors (Lipinski definition) is 0. The third-order valence-corrected chi connectivity index (χ3v) is 1.77. The first kappa shape index (κ1) is 7.88. The van der Waals surface area contributed by atoms with E-state index < -0.39 is 3.61 Å². The van der Waals surface area contributed by atoms with Gasteiger partial charge in [0.25, 0.3) is 3.61 Å². The molecular weight excluding hydrogens is 228 g/mol. The number of hydrogen-bond acceptors (Lipinski definition) is 2. The summed E-state index contributed by atoms with van der Waals surface area (Å²) < 4.78 is 8.60. The molecule has 0 fully saturated rings. The molecule has 0 aliphatic carbocycles. The van der Waals surface area contributed by atoms with Crippen LogP contribution in [0, 0.1) is 0 Å². The van der Waals surface area contributed by atoms with Gasteiger partial charge < -0.3 is 9.47 Å². The zero-order valence-corrected chi connectivity index (χ0v) is 7.24. The summed E-state index contributed by atoms with van der Waals surface area (Å²) in [7, 11) is 3.04. The van der Waals surface area contributed by atoms with Crippen molar-refractivity contribution in [3.05, 3.63) is 0 Å². The number of alkyl halides is 2. The van der Waals surface area contributed by atoms with Gasteiger partial charge in [-0.1, -0.05) is 0 Å². The molecule has 0 unspecified atom stereocenters. The Morgan fingerprint density at radius 3 is 1.43 bits per heavy atom. The van der Waals surface area contributed by atoms with E-state index in [-0.39, 0.29) is 0 Å². The molecule has 0 aromatic carbocycles. The fourth-order valence-electron chi connectivity index (χ4n) is 0.0833. The van der Waals surface area contributed by atoms with Crippen LogP contribution in [0.1, 0.15) is 0 Å². The Balaban J connectivity index is 3.36. The zero-order valence-electron chi connectivity index (χ0n) is 4.07. The highest BCUT2D eigenvalue weighted by atomic mass is 79.9. The summed E-state index contributed by atoms with van der Waals surface area (Å²) in [5.74, 6) is 0. The molecular formula is C3H6Br2O2. The van der Waals surface area contributed by atoms with Gasteiger partial charge in [0, 0.05) is 14.2 Å². The van der Waals surface area contributed by atoms with E-state index in [9.17, 15) is 0 Å². The van der Waals surface area contributed by atoms with Crippen LogP contribution in [0.5, 0.6) is 0 Å². The van der Waals surface area contributed by atoms with E-state index in [1.165, 1.54) is 14.2 Å². The second-order valence-corrected chi connectivity index (χ2v) is 4.02. The van der Waals surface area contributed by atoms with Crippen molar-refractivity contribution in [3.8, 4) is 0 Å². The van der Waals surface area contributed by atoms with Crippen molar-refractivity contribution < 1.29 is 9.47 Å². The van der Waals surface area contributed by atoms with Crippen LogP contribution < -0.4 is 0 Å². The number of rotatable bonds is 2. The monoisotopic (exact) mass is 232 g/mol. The minimum Gasteiger partial charge on any atom is -0.336 e. The van der Waals surface area contributed by atoms with Crippen molar-refractivity contribution in [2.24, 2.45) is 0 Å². The van der Waals surface area contributed by atoms with E-state index in [4.69, 9.17) is 9.47 Å². The van der Waals surface area contributed by atoms with Crippen molar-refractivity contribution in [1.82, 2.24) is 0 Å². The summed E-state index contributed by atoms with van der Waals surface area (Å²) in [6, 6.07) is 0. The summed E-state index contributed by atoms with van der Waals surface area (Å²) in [4.78, 5) is 0. The first-order chi connectivity index (χ1) is 3.12. The van der Waals surface area contributed by atoms with Gasteiger partial charge >= 0.3 is 0 Å². The molecule has 0 aromatic rings. The van der Waals surface area contributed by atoms with Gasteiger partial charge in [-0.25, -0.2) is 0 Å². The molecule has 7 heavy (non-hydrogen) atoms. The van der Waals surface area contributed by atoms with Gasteiger partial charge in [0.05, 0.1) is 0 Å². The molecule has 0 aliphatic rings. The molecule has 0 radical (unpaired) electrons. The Hall–Kier alpha value is 0.880. The van der Waals surface area contributed by atoms with Crippen LogP contribution in [0.3, 0.4) is 0 Å².